The van der Waals surface area contributed by atoms with Gasteiger partial charge in [0.2, 0.25) is 5.88 Å². The molecule has 6 aromatic carbocycles. The van der Waals surface area contributed by atoms with Crippen LogP contribution >= 0.6 is 62.3 Å². The van der Waals surface area contributed by atoms with Crippen molar-refractivity contribution in [2.24, 2.45) is 0 Å². The molecular weight excluding hydrogens is 1200 g/mol. The molecule has 0 spiro atoms. The molecule has 1 N–H and O–H groups in total. The monoisotopic (exact) mass is 1240 g/mol. The molecule has 4 aromatic heterocycles. The van der Waals surface area contributed by atoms with E-state index in [9.17, 15) is 19.1 Å². The van der Waals surface area contributed by atoms with Gasteiger partial charge < -0.3 is 37.8 Å². The van der Waals surface area contributed by atoms with E-state index in [0.29, 0.717) is 97.0 Å². The van der Waals surface area contributed by atoms with Crippen molar-refractivity contribution in [3.05, 3.63) is 204 Å². The van der Waals surface area contributed by atoms with Crippen molar-refractivity contribution in [1.29, 1.82) is 0 Å². The second-order valence-corrected chi connectivity index (χ2v) is 20.9. The van der Waals surface area contributed by atoms with Gasteiger partial charge in [-0.05, 0) is 143 Å². The SMILES string of the molecule is COC(=O)c1ccc(Br)nc1.COC(=O)c1ccc(Oc2ccc3c(F)c(OCc4c(-c5c(Cl)cccc5Cl)noc4C4CC4)ccc3c2)nc1.Oc1ccc2c(F)c(OCc3c(-c4c(Cl)cccc4Cl)noc3C3CC3)ccc2c1. The first-order valence-electron chi connectivity index (χ1n) is 24.9. The minimum atomic E-state index is -0.508. The smallest absolute Gasteiger partial charge is 0.339 e. The van der Waals surface area contributed by atoms with Gasteiger partial charge in [-0.1, -0.05) is 81.0 Å². The van der Waals surface area contributed by atoms with Crippen LogP contribution in [-0.4, -0.2) is 51.5 Å². The Morgan fingerprint density at radius 3 is 1.52 bits per heavy atom. The number of aromatic nitrogens is 4. The van der Waals surface area contributed by atoms with Crippen molar-refractivity contribution in [1.82, 2.24) is 20.3 Å². The molecule has 0 aliphatic heterocycles. The standard InChI is InChI=1S/C30H21Cl2FN2O5.C23H16Cl2FNO3.C7H6BrNO2/c1-37-30(36)18-8-12-25(34-14-18)39-19-9-10-20-17(13-19)7-11-24(27(20)33)38-15-21-28(35-40-29(21)16-5-6-16)26-22(31)3-2-4-23(26)32;24-17-2-1-3-18(25)20(17)22-16(23(30-27-22)12-4-5-12)11-29-19-9-6-13-10-14(28)7-8-15(13)21(19)26;1-11-7(10)5-2-3-6(8)9-4-5/h2-4,7-14,16H,5-6,15H2,1H3;1-3,6-10,12,28H,4-5,11H2;2-4H,1H3. The normalized spacial score (nSPS) is 12.7. The van der Waals surface area contributed by atoms with E-state index in [4.69, 9.17) is 69.7 Å². The maximum absolute atomic E-state index is 15.5. The molecule has 10 aromatic rings. The molecule has 2 fully saturated rings. The lowest BCUT2D eigenvalue weighted by Gasteiger charge is -2.12. The van der Waals surface area contributed by atoms with E-state index >= 15 is 4.39 Å². The largest absolute Gasteiger partial charge is 0.508 e. The van der Waals surface area contributed by atoms with Gasteiger partial charge in [-0.2, -0.15) is 0 Å². The lowest BCUT2D eigenvalue weighted by atomic mass is 10.0. The van der Waals surface area contributed by atoms with E-state index in [1.54, 1.807) is 103 Å². The van der Waals surface area contributed by atoms with Crippen LogP contribution < -0.4 is 14.2 Å². The predicted molar refractivity (Wildman–Crippen MR) is 305 cm³/mol. The van der Waals surface area contributed by atoms with E-state index < -0.39 is 17.6 Å². The molecule has 2 aliphatic carbocycles. The van der Waals surface area contributed by atoms with Crippen LogP contribution in [-0.2, 0) is 22.7 Å². The van der Waals surface area contributed by atoms with Crippen LogP contribution in [0.2, 0.25) is 20.1 Å². The average molecular weight is 1240 g/mol. The van der Waals surface area contributed by atoms with Gasteiger partial charge >= 0.3 is 11.9 Å². The molecule has 0 saturated heterocycles. The quantitative estimate of drug-likeness (QED) is 0.0803. The van der Waals surface area contributed by atoms with E-state index in [0.717, 1.165) is 37.0 Å². The number of fused-ring (bicyclic) bond motifs is 2. The number of pyridine rings is 2. The van der Waals surface area contributed by atoms with E-state index in [1.807, 2.05) is 0 Å². The number of halogens is 7. The fourth-order valence-electron chi connectivity index (χ4n) is 8.61. The Bertz CT molecular complexity index is 3930. The third-order valence-corrected chi connectivity index (χ3v) is 14.7. The highest BCUT2D eigenvalue weighted by atomic mass is 79.9. The third kappa shape index (κ3) is 12.9. The summed E-state index contributed by atoms with van der Waals surface area (Å²) in [6.07, 6.45) is 6.79. The summed E-state index contributed by atoms with van der Waals surface area (Å²) in [7, 11) is 2.63. The molecule has 0 radical (unpaired) electrons. The molecular formula is C60H43BrCl4F2N4O10. The summed E-state index contributed by atoms with van der Waals surface area (Å²) in [5.41, 5.74) is 4.32. The Morgan fingerprint density at radius 2 is 1.07 bits per heavy atom. The Labute approximate surface area is 489 Å². The van der Waals surface area contributed by atoms with Gasteiger partial charge in [-0.15, -0.1) is 0 Å². The molecule has 0 atom stereocenters. The van der Waals surface area contributed by atoms with Crippen LogP contribution in [0.1, 0.15) is 80.9 Å². The molecule has 0 amide bonds. The molecule has 81 heavy (non-hydrogen) atoms. The maximum Gasteiger partial charge on any atom is 0.339 e. The number of hydrogen-bond donors (Lipinski definition) is 1. The Hall–Kier alpha value is -7.80. The third-order valence-electron chi connectivity index (χ3n) is 13.0. The summed E-state index contributed by atoms with van der Waals surface area (Å²) in [6, 6.07) is 32.8. The van der Waals surface area contributed by atoms with E-state index in [2.05, 4.69) is 45.7 Å². The number of ether oxygens (including phenoxy) is 5. The first-order chi connectivity index (χ1) is 39.2. The van der Waals surface area contributed by atoms with Gasteiger partial charge in [0.05, 0.1) is 56.6 Å². The zero-order valence-corrected chi connectivity index (χ0v) is 47.3. The fraction of sp³-hybridized carbons (Fsp3) is 0.167. The summed E-state index contributed by atoms with van der Waals surface area (Å²) >= 11 is 28.8. The fourth-order valence-corrected chi connectivity index (χ4v) is 9.99. The average Bonchev–Trinajstić information content (AvgIpc) is 4.57. The van der Waals surface area contributed by atoms with E-state index in [1.165, 1.54) is 44.8 Å². The lowest BCUT2D eigenvalue weighted by Crippen LogP contribution is -2.02. The summed E-state index contributed by atoms with van der Waals surface area (Å²) in [4.78, 5) is 30.4. The highest BCUT2D eigenvalue weighted by molar-refractivity contribution is 9.10. The Balaban J connectivity index is 0.000000157. The van der Waals surface area contributed by atoms with Gasteiger partial charge in [-0.3, -0.25) is 0 Å². The highest BCUT2D eigenvalue weighted by Gasteiger charge is 2.35. The minimum absolute atomic E-state index is 0.0308. The van der Waals surface area contributed by atoms with Gasteiger partial charge in [0.25, 0.3) is 0 Å². The molecule has 12 rings (SSSR count). The number of phenols is 1. The summed E-state index contributed by atoms with van der Waals surface area (Å²) in [5.74, 6) is 1.10. The number of carbonyl (C=O) groups excluding carboxylic acids is 2. The number of methoxy groups -OCH3 is 2. The van der Waals surface area contributed by atoms with Crippen molar-refractivity contribution < 1.29 is 56.2 Å². The van der Waals surface area contributed by atoms with Crippen LogP contribution in [0.25, 0.3) is 44.1 Å². The predicted octanol–water partition coefficient (Wildman–Crippen LogP) is 17.1. The zero-order chi connectivity index (χ0) is 56.9. The first-order valence-corrected chi connectivity index (χ1v) is 27.2. The topological polar surface area (TPSA) is 178 Å². The molecule has 4 heterocycles. The van der Waals surface area contributed by atoms with Crippen molar-refractivity contribution >= 4 is 95.8 Å². The molecule has 412 valence electrons. The van der Waals surface area contributed by atoms with Crippen LogP contribution in [0.15, 0.2) is 147 Å². The van der Waals surface area contributed by atoms with Gasteiger partial charge in [0.15, 0.2) is 23.1 Å². The van der Waals surface area contributed by atoms with Crippen molar-refractivity contribution in [3.8, 4) is 51.4 Å². The van der Waals surface area contributed by atoms with Crippen molar-refractivity contribution in [2.45, 2.75) is 50.7 Å². The van der Waals surface area contributed by atoms with Gasteiger partial charge in [-0.25, -0.2) is 28.3 Å². The minimum Gasteiger partial charge on any atom is -0.508 e. The molecule has 2 aliphatic rings. The zero-order valence-electron chi connectivity index (χ0n) is 42.7. The second-order valence-electron chi connectivity index (χ2n) is 18.5. The van der Waals surface area contributed by atoms with Crippen LogP contribution in [0.4, 0.5) is 8.78 Å². The number of esters is 2. The summed E-state index contributed by atoms with van der Waals surface area (Å²) < 4.78 is 69.3. The number of hydrogen-bond acceptors (Lipinski definition) is 14. The van der Waals surface area contributed by atoms with E-state index in [-0.39, 0.29) is 54.1 Å². The molecule has 14 nitrogen and oxygen atoms in total. The summed E-state index contributed by atoms with van der Waals surface area (Å²) in [6.45, 7) is 0.0931. The summed E-state index contributed by atoms with van der Waals surface area (Å²) in [5, 5.41) is 21.8. The number of benzene rings is 6. The molecule has 21 heteroatoms. The van der Waals surface area contributed by atoms with Crippen LogP contribution in [0.5, 0.6) is 28.9 Å². The second kappa shape index (κ2) is 24.9. The lowest BCUT2D eigenvalue weighted by molar-refractivity contribution is 0.0591. The Kier molecular flexibility index (Phi) is 17.4. The van der Waals surface area contributed by atoms with Gasteiger partial charge in [0.1, 0.15) is 52.2 Å². The Morgan fingerprint density at radius 1 is 0.605 bits per heavy atom. The first kappa shape index (κ1) is 56.5. The number of nitrogens with zero attached hydrogens (tertiary/aromatic N) is 4. The number of phenolic OH excluding ortho intramolecular Hbond substituents is 1. The van der Waals surface area contributed by atoms with Crippen LogP contribution in [0.3, 0.4) is 0 Å². The van der Waals surface area contributed by atoms with Crippen molar-refractivity contribution in [2.75, 3.05) is 14.2 Å². The molecule has 0 unspecified atom stereocenters. The highest BCUT2D eigenvalue weighted by Crippen LogP contribution is 2.48. The van der Waals surface area contributed by atoms with Crippen molar-refractivity contribution in [3.63, 3.8) is 0 Å². The maximum atomic E-state index is 15.5. The number of carbonyl (C=O) groups is 2. The van der Waals surface area contributed by atoms with Crippen LogP contribution in [0, 0.1) is 11.6 Å². The number of rotatable bonds is 14. The molecule has 0 bridgehead atoms. The molecule has 2 saturated carbocycles. The number of aromatic hydroxyl groups is 1. The van der Waals surface area contributed by atoms with Gasteiger partial charge in [0, 0.05) is 52.2 Å².